The van der Waals surface area contributed by atoms with Crippen LogP contribution in [0.25, 0.3) is 0 Å². The summed E-state index contributed by atoms with van der Waals surface area (Å²) >= 11 is 0. The highest BCUT2D eigenvalue weighted by Gasteiger charge is 2.34. The molecule has 0 radical (unpaired) electrons. The van der Waals surface area contributed by atoms with Gasteiger partial charge < -0.3 is 10.1 Å². The summed E-state index contributed by atoms with van der Waals surface area (Å²) in [4.78, 5) is 0.360. The smallest absolute Gasteiger partial charge is 0.243 e. The lowest BCUT2D eigenvalue weighted by molar-refractivity contribution is 0.134. The van der Waals surface area contributed by atoms with E-state index in [1.54, 1.807) is 16.4 Å². The number of aryl methyl sites for hydroxylation is 1. The fourth-order valence-corrected chi connectivity index (χ4v) is 5.34. The van der Waals surface area contributed by atoms with Gasteiger partial charge in [0, 0.05) is 19.6 Å². The number of nitrogens with one attached hydrogen (secondary N) is 1. The van der Waals surface area contributed by atoms with E-state index in [9.17, 15) is 8.42 Å². The van der Waals surface area contributed by atoms with Crippen molar-refractivity contribution in [3.05, 3.63) is 64.7 Å². The summed E-state index contributed by atoms with van der Waals surface area (Å²) in [6.45, 7) is 4.93. The standard InChI is InChI=1S/C20H24N2O3S/c1-2-15-3-5-16(6-4-15)20-12-21-9-10-22(20)26(23,24)19-8-7-17-13-25-14-18(17)11-19/h3-8,11,20-21H,2,9-10,12-14H2,1H3. The normalized spacial score (nSPS) is 20.9. The van der Waals surface area contributed by atoms with E-state index in [4.69, 9.17) is 4.74 Å². The van der Waals surface area contributed by atoms with Crippen molar-refractivity contribution in [2.75, 3.05) is 19.6 Å². The molecule has 1 N–H and O–H groups in total. The fourth-order valence-electron chi connectivity index (χ4n) is 3.68. The van der Waals surface area contributed by atoms with Crippen LogP contribution < -0.4 is 5.32 Å². The Hall–Kier alpha value is -1.73. The van der Waals surface area contributed by atoms with E-state index in [1.165, 1.54) is 5.56 Å². The van der Waals surface area contributed by atoms with Gasteiger partial charge in [-0.2, -0.15) is 4.31 Å². The molecule has 0 aliphatic carbocycles. The van der Waals surface area contributed by atoms with Crippen LogP contribution in [-0.2, 0) is 34.4 Å². The van der Waals surface area contributed by atoms with Gasteiger partial charge in [0.25, 0.3) is 0 Å². The molecule has 5 nitrogen and oxygen atoms in total. The number of ether oxygens (including phenoxy) is 1. The van der Waals surface area contributed by atoms with E-state index in [2.05, 4.69) is 36.5 Å². The van der Waals surface area contributed by atoms with E-state index >= 15 is 0 Å². The summed E-state index contributed by atoms with van der Waals surface area (Å²) in [6, 6.07) is 13.4. The first-order chi connectivity index (χ1) is 12.6. The van der Waals surface area contributed by atoms with Crippen LogP contribution in [0.3, 0.4) is 0 Å². The first kappa shape index (κ1) is 17.7. The number of fused-ring (bicyclic) bond motifs is 1. The number of sulfonamides is 1. The van der Waals surface area contributed by atoms with E-state index in [-0.39, 0.29) is 6.04 Å². The summed E-state index contributed by atoms with van der Waals surface area (Å²) < 4.78 is 33.8. The number of hydrogen-bond acceptors (Lipinski definition) is 4. The molecule has 2 heterocycles. The maximum atomic E-state index is 13.4. The van der Waals surface area contributed by atoms with Crippen LogP contribution in [-0.4, -0.2) is 32.4 Å². The van der Waals surface area contributed by atoms with Gasteiger partial charge in [0.15, 0.2) is 0 Å². The molecule has 4 rings (SSSR count). The summed E-state index contributed by atoms with van der Waals surface area (Å²) in [6.07, 6.45) is 0.975. The molecular formula is C20H24N2O3S. The molecule has 0 amide bonds. The lowest BCUT2D eigenvalue weighted by atomic mass is 10.0. The molecule has 0 aromatic heterocycles. The van der Waals surface area contributed by atoms with Crippen LogP contribution in [0.15, 0.2) is 47.4 Å². The Kier molecular flexibility index (Phi) is 4.84. The quantitative estimate of drug-likeness (QED) is 0.896. The zero-order valence-electron chi connectivity index (χ0n) is 14.9. The average molecular weight is 372 g/mol. The van der Waals surface area contributed by atoms with Crippen LogP contribution in [0.4, 0.5) is 0 Å². The Morgan fingerprint density at radius 1 is 1.12 bits per heavy atom. The van der Waals surface area contributed by atoms with Crippen molar-refractivity contribution in [2.45, 2.75) is 37.5 Å². The minimum Gasteiger partial charge on any atom is -0.372 e. The average Bonchev–Trinajstić information content (AvgIpc) is 3.16. The van der Waals surface area contributed by atoms with Gasteiger partial charge in [0.2, 0.25) is 10.0 Å². The Labute approximate surface area is 155 Å². The largest absolute Gasteiger partial charge is 0.372 e. The summed E-state index contributed by atoms with van der Waals surface area (Å²) in [5, 5.41) is 3.33. The highest BCUT2D eigenvalue weighted by atomic mass is 32.2. The number of nitrogens with zero attached hydrogens (tertiary/aromatic N) is 1. The molecule has 2 aliphatic heterocycles. The zero-order chi connectivity index (χ0) is 18.1. The van der Waals surface area contributed by atoms with Crippen LogP contribution in [0.2, 0.25) is 0 Å². The Morgan fingerprint density at radius 3 is 2.65 bits per heavy atom. The molecule has 1 unspecified atom stereocenters. The van der Waals surface area contributed by atoms with Crippen LogP contribution in [0.1, 0.15) is 35.2 Å². The molecule has 1 atom stereocenters. The topological polar surface area (TPSA) is 58.6 Å². The van der Waals surface area contributed by atoms with E-state index in [0.717, 1.165) is 23.1 Å². The van der Waals surface area contributed by atoms with Crippen molar-refractivity contribution in [3.8, 4) is 0 Å². The van der Waals surface area contributed by atoms with Gasteiger partial charge in [-0.3, -0.25) is 0 Å². The fraction of sp³-hybridized carbons (Fsp3) is 0.400. The second kappa shape index (κ2) is 7.12. The third-order valence-electron chi connectivity index (χ3n) is 5.27. The predicted molar refractivity (Wildman–Crippen MR) is 100 cm³/mol. The molecule has 1 saturated heterocycles. The van der Waals surface area contributed by atoms with Crippen molar-refractivity contribution >= 4 is 10.0 Å². The molecule has 138 valence electrons. The third kappa shape index (κ3) is 3.18. The minimum atomic E-state index is -3.56. The number of rotatable bonds is 4. The number of benzene rings is 2. The van der Waals surface area contributed by atoms with Crippen LogP contribution in [0, 0.1) is 0 Å². The molecule has 2 aromatic carbocycles. The monoisotopic (exact) mass is 372 g/mol. The minimum absolute atomic E-state index is 0.191. The number of hydrogen-bond donors (Lipinski definition) is 1. The summed E-state index contributed by atoms with van der Waals surface area (Å²) in [5.74, 6) is 0. The third-order valence-corrected chi connectivity index (χ3v) is 7.17. The van der Waals surface area contributed by atoms with Crippen LogP contribution in [0.5, 0.6) is 0 Å². The Bertz CT molecular complexity index is 894. The van der Waals surface area contributed by atoms with Crippen molar-refractivity contribution in [3.63, 3.8) is 0 Å². The maximum Gasteiger partial charge on any atom is 0.243 e. The maximum absolute atomic E-state index is 13.4. The van der Waals surface area contributed by atoms with Crippen LogP contribution >= 0.6 is 0 Å². The zero-order valence-corrected chi connectivity index (χ0v) is 15.8. The van der Waals surface area contributed by atoms with Gasteiger partial charge >= 0.3 is 0 Å². The molecule has 2 aromatic rings. The molecule has 0 spiro atoms. The summed E-state index contributed by atoms with van der Waals surface area (Å²) in [5.41, 5.74) is 4.34. The van der Waals surface area contributed by atoms with Gasteiger partial charge in [-0.15, -0.1) is 0 Å². The SMILES string of the molecule is CCc1ccc(C2CNCCN2S(=O)(=O)c2ccc3c(c2)COC3)cc1. The van der Waals surface area contributed by atoms with Gasteiger partial charge in [0.1, 0.15) is 0 Å². The van der Waals surface area contributed by atoms with Gasteiger partial charge in [-0.1, -0.05) is 37.3 Å². The highest BCUT2D eigenvalue weighted by molar-refractivity contribution is 7.89. The van der Waals surface area contributed by atoms with Gasteiger partial charge in [-0.25, -0.2) is 8.42 Å². The molecule has 26 heavy (non-hydrogen) atoms. The first-order valence-corrected chi connectivity index (χ1v) is 10.5. The number of piperazine rings is 1. The first-order valence-electron chi connectivity index (χ1n) is 9.10. The molecule has 2 aliphatic rings. The van der Waals surface area contributed by atoms with E-state index in [1.807, 2.05) is 6.07 Å². The predicted octanol–water partition coefficient (Wildman–Crippen LogP) is 2.61. The van der Waals surface area contributed by atoms with Crippen molar-refractivity contribution in [2.24, 2.45) is 0 Å². The van der Waals surface area contributed by atoms with E-state index < -0.39 is 10.0 Å². The molecule has 0 bridgehead atoms. The van der Waals surface area contributed by atoms with Gasteiger partial charge in [-0.05, 0) is 40.8 Å². The Balaban J connectivity index is 1.68. The molecule has 0 saturated carbocycles. The second-order valence-corrected chi connectivity index (χ2v) is 8.74. The van der Waals surface area contributed by atoms with Gasteiger partial charge in [0.05, 0.1) is 24.2 Å². The summed E-state index contributed by atoms with van der Waals surface area (Å²) in [7, 11) is -3.56. The van der Waals surface area contributed by atoms with E-state index in [0.29, 0.717) is 37.7 Å². The van der Waals surface area contributed by atoms with Crippen molar-refractivity contribution < 1.29 is 13.2 Å². The lowest BCUT2D eigenvalue weighted by Crippen LogP contribution is -2.48. The molecule has 6 heteroatoms. The molecular weight excluding hydrogens is 348 g/mol. The highest BCUT2D eigenvalue weighted by Crippen LogP contribution is 2.31. The lowest BCUT2D eigenvalue weighted by Gasteiger charge is -2.35. The van der Waals surface area contributed by atoms with Crippen molar-refractivity contribution in [1.29, 1.82) is 0 Å². The molecule has 1 fully saturated rings. The second-order valence-electron chi connectivity index (χ2n) is 6.85. The van der Waals surface area contributed by atoms with Crippen molar-refractivity contribution in [1.82, 2.24) is 9.62 Å². The Morgan fingerprint density at radius 2 is 1.88 bits per heavy atom.